The van der Waals surface area contributed by atoms with Crippen molar-refractivity contribution in [1.82, 2.24) is 4.98 Å². The molecule has 102 valence electrons. The third-order valence-electron chi connectivity index (χ3n) is 3.75. The average molecular weight is 247 g/mol. The standard InChI is InChI=1S/C17H29N/c1-3-5-6-7-8-9-10-13-16(4-2)17-14-11-12-15-18-17/h11-12,14-16H,3-10,13H2,1-2H3. The summed E-state index contributed by atoms with van der Waals surface area (Å²) >= 11 is 0. The molecule has 1 heteroatoms. The van der Waals surface area contributed by atoms with Crippen molar-refractivity contribution in [3.8, 4) is 0 Å². The first-order chi connectivity index (χ1) is 8.88. The second kappa shape index (κ2) is 10.1. The Morgan fingerprint density at radius 1 is 0.944 bits per heavy atom. The summed E-state index contributed by atoms with van der Waals surface area (Å²) in [6.07, 6.45) is 14.2. The van der Waals surface area contributed by atoms with Crippen molar-refractivity contribution in [3.63, 3.8) is 0 Å². The van der Waals surface area contributed by atoms with Gasteiger partial charge in [-0.3, -0.25) is 4.98 Å². The molecule has 0 saturated heterocycles. The van der Waals surface area contributed by atoms with E-state index in [0.29, 0.717) is 5.92 Å². The van der Waals surface area contributed by atoms with E-state index in [-0.39, 0.29) is 0 Å². The maximum Gasteiger partial charge on any atom is 0.0434 e. The molecule has 0 fully saturated rings. The van der Waals surface area contributed by atoms with E-state index < -0.39 is 0 Å². The molecule has 1 atom stereocenters. The molecule has 0 N–H and O–H groups in total. The maximum absolute atomic E-state index is 4.49. The van der Waals surface area contributed by atoms with E-state index in [0.717, 1.165) is 0 Å². The van der Waals surface area contributed by atoms with Gasteiger partial charge >= 0.3 is 0 Å². The fourth-order valence-corrected chi connectivity index (χ4v) is 2.53. The van der Waals surface area contributed by atoms with Crippen LogP contribution in [0.1, 0.15) is 83.2 Å². The number of nitrogens with zero attached hydrogens (tertiary/aromatic N) is 1. The van der Waals surface area contributed by atoms with Crippen molar-refractivity contribution in [2.75, 3.05) is 0 Å². The first kappa shape index (κ1) is 15.2. The molecule has 1 aromatic heterocycles. The minimum absolute atomic E-state index is 0.668. The SMILES string of the molecule is CCCCCCCCCC(CC)c1ccccn1. The predicted octanol–water partition coefficient (Wildman–Crippen LogP) is 5.72. The highest BCUT2D eigenvalue weighted by Gasteiger charge is 2.09. The Balaban J connectivity index is 2.13. The molecule has 0 aliphatic heterocycles. The van der Waals surface area contributed by atoms with Gasteiger partial charge in [-0.15, -0.1) is 0 Å². The number of hydrogen-bond donors (Lipinski definition) is 0. The van der Waals surface area contributed by atoms with E-state index >= 15 is 0 Å². The van der Waals surface area contributed by atoms with Gasteiger partial charge in [0.2, 0.25) is 0 Å². The number of pyridine rings is 1. The molecule has 0 aromatic carbocycles. The highest BCUT2D eigenvalue weighted by Crippen LogP contribution is 2.24. The van der Waals surface area contributed by atoms with E-state index in [9.17, 15) is 0 Å². The first-order valence-electron chi connectivity index (χ1n) is 7.79. The Labute approximate surface area is 113 Å². The zero-order valence-corrected chi connectivity index (χ0v) is 12.2. The van der Waals surface area contributed by atoms with Crippen molar-refractivity contribution >= 4 is 0 Å². The quantitative estimate of drug-likeness (QED) is 0.482. The fourth-order valence-electron chi connectivity index (χ4n) is 2.53. The molecule has 0 saturated carbocycles. The molecule has 0 aliphatic rings. The molecule has 1 rings (SSSR count). The molecule has 0 radical (unpaired) electrons. The lowest BCUT2D eigenvalue weighted by Crippen LogP contribution is -1.99. The first-order valence-corrected chi connectivity index (χ1v) is 7.79. The third-order valence-corrected chi connectivity index (χ3v) is 3.75. The lowest BCUT2D eigenvalue weighted by Gasteiger charge is -2.13. The van der Waals surface area contributed by atoms with E-state index in [2.05, 4.69) is 31.0 Å². The van der Waals surface area contributed by atoms with Gasteiger partial charge in [-0.05, 0) is 25.0 Å². The number of aromatic nitrogens is 1. The second-order valence-corrected chi connectivity index (χ2v) is 5.27. The smallest absolute Gasteiger partial charge is 0.0434 e. The van der Waals surface area contributed by atoms with E-state index in [1.54, 1.807) is 0 Å². The molecule has 1 heterocycles. The van der Waals surface area contributed by atoms with E-state index in [4.69, 9.17) is 0 Å². The van der Waals surface area contributed by atoms with Crippen LogP contribution in [0.15, 0.2) is 24.4 Å². The molecule has 1 aromatic rings. The van der Waals surface area contributed by atoms with Gasteiger partial charge in [0.1, 0.15) is 0 Å². The summed E-state index contributed by atoms with van der Waals surface area (Å²) in [6.45, 7) is 4.55. The van der Waals surface area contributed by atoms with Crippen molar-refractivity contribution in [1.29, 1.82) is 0 Å². The van der Waals surface area contributed by atoms with Crippen LogP contribution < -0.4 is 0 Å². The summed E-state index contributed by atoms with van der Waals surface area (Å²) in [6, 6.07) is 6.29. The second-order valence-electron chi connectivity index (χ2n) is 5.27. The zero-order chi connectivity index (χ0) is 13.1. The third kappa shape index (κ3) is 6.18. The van der Waals surface area contributed by atoms with E-state index in [1.165, 1.54) is 63.5 Å². The van der Waals surface area contributed by atoms with Gasteiger partial charge in [-0.1, -0.05) is 64.9 Å². The number of rotatable bonds is 10. The number of unbranched alkanes of at least 4 members (excludes halogenated alkanes) is 6. The fraction of sp³-hybridized carbons (Fsp3) is 0.706. The maximum atomic E-state index is 4.49. The Morgan fingerprint density at radius 2 is 1.67 bits per heavy atom. The van der Waals surface area contributed by atoms with Crippen LogP contribution in [-0.2, 0) is 0 Å². The average Bonchev–Trinajstić information content (AvgIpc) is 2.43. The highest BCUT2D eigenvalue weighted by molar-refractivity contribution is 5.08. The summed E-state index contributed by atoms with van der Waals surface area (Å²) in [4.78, 5) is 4.49. The minimum atomic E-state index is 0.668. The van der Waals surface area contributed by atoms with Crippen molar-refractivity contribution in [2.45, 2.75) is 77.6 Å². The van der Waals surface area contributed by atoms with E-state index in [1.807, 2.05) is 12.3 Å². The lowest BCUT2D eigenvalue weighted by atomic mass is 9.94. The summed E-state index contributed by atoms with van der Waals surface area (Å²) in [5, 5.41) is 0. The summed E-state index contributed by atoms with van der Waals surface area (Å²) < 4.78 is 0. The lowest BCUT2D eigenvalue weighted by molar-refractivity contribution is 0.519. The molecular weight excluding hydrogens is 218 g/mol. The van der Waals surface area contributed by atoms with Gasteiger partial charge < -0.3 is 0 Å². The predicted molar refractivity (Wildman–Crippen MR) is 79.9 cm³/mol. The van der Waals surface area contributed by atoms with Crippen molar-refractivity contribution < 1.29 is 0 Å². The zero-order valence-electron chi connectivity index (χ0n) is 12.2. The van der Waals surface area contributed by atoms with Gasteiger partial charge in [-0.25, -0.2) is 0 Å². The molecule has 0 spiro atoms. The van der Waals surface area contributed by atoms with Gasteiger partial charge in [0.25, 0.3) is 0 Å². The van der Waals surface area contributed by atoms with Gasteiger partial charge in [-0.2, -0.15) is 0 Å². The Bertz CT molecular complexity index is 281. The molecule has 0 bridgehead atoms. The summed E-state index contributed by atoms with van der Waals surface area (Å²) in [5.41, 5.74) is 1.28. The minimum Gasteiger partial charge on any atom is -0.261 e. The van der Waals surface area contributed by atoms with Crippen molar-refractivity contribution in [3.05, 3.63) is 30.1 Å². The monoisotopic (exact) mass is 247 g/mol. The largest absolute Gasteiger partial charge is 0.261 e. The summed E-state index contributed by atoms with van der Waals surface area (Å²) in [5.74, 6) is 0.668. The molecule has 1 unspecified atom stereocenters. The molecule has 0 aliphatic carbocycles. The van der Waals surface area contributed by atoms with Crippen LogP contribution >= 0.6 is 0 Å². The van der Waals surface area contributed by atoms with Gasteiger partial charge in [0, 0.05) is 17.8 Å². The van der Waals surface area contributed by atoms with Crippen LogP contribution in [0.5, 0.6) is 0 Å². The molecule has 1 nitrogen and oxygen atoms in total. The Hall–Kier alpha value is -0.850. The number of hydrogen-bond acceptors (Lipinski definition) is 1. The van der Waals surface area contributed by atoms with Crippen molar-refractivity contribution in [2.24, 2.45) is 0 Å². The van der Waals surface area contributed by atoms with Crippen LogP contribution in [0.25, 0.3) is 0 Å². The Kier molecular flexibility index (Phi) is 8.54. The normalized spacial score (nSPS) is 12.6. The van der Waals surface area contributed by atoms with Gasteiger partial charge in [0.05, 0.1) is 0 Å². The van der Waals surface area contributed by atoms with Crippen LogP contribution in [0.4, 0.5) is 0 Å². The van der Waals surface area contributed by atoms with Gasteiger partial charge in [0.15, 0.2) is 0 Å². The van der Waals surface area contributed by atoms with Crippen LogP contribution in [0, 0.1) is 0 Å². The van der Waals surface area contributed by atoms with Crippen LogP contribution in [0.2, 0.25) is 0 Å². The summed E-state index contributed by atoms with van der Waals surface area (Å²) in [7, 11) is 0. The molecule has 0 amide bonds. The molecular formula is C17H29N. The van der Waals surface area contributed by atoms with Crippen LogP contribution in [-0.4, -0.2) is 4.98 Å². The molecule has 18 heavy (non-hydrogen) atoms. The van der Waals surface area contributed by atoms with Crippen LogP contribution in [0.3, 0.4) is 0 Å². The topological polar surface area (TPSA) is 12.9 Å². The highest BCUT2D eigenvalue weighted by atomic mass is 14.7. The Morgan fingerprint density at radius 3 is 2.28 bits per heavy atom.